The number of halogens is 3. The van der Waals surface area contributed by atoms with E-state index in [4.69, 9.17) is 4.74 Å². The average Bonchev–Trinajstić information content (AvgIpc) is 3.52. The van der Waals surface area contributed by atoms with Gasteiger partial charge in [0.25, 0.3) is 11.8 Å². The first-order valence-corrected chi connectivity index (χ1v) is 11.2. The van der Waals surface area contributed by atoms with Crippen LogP contribution in [0.25, 0.3) is 22.3 Å². The van der Waals surface area contributed by atoms with E-state index in [1.165, 1.54) is 18.3 Å². The highest BCUT2D eigenvalue weighted by Gasteiger charge is 2.38. The van der Waals surface area contributed by atoms with E-state index in [1.807, 2.05) is 24.3 Å². The van der Waals surface area contributed by atoms with Crippen molar-refractivity contribution in [3.8, 4) is 11.4 Å². The van der Waals surface area contributed by atoms with Crippen LogP contribution in [0.5, 0.6) is 0 Å². The van der Waals surface area contributed by atoms with E-state index in [9.17, 15) is 22.8 Å². The fraction of sp³-hybridized carbons (Fsp3) is 0.304. The average molecular weight is 515 g/mol. The number of rotatable bonds is 5. The summed E-state index contributed by atoms with van der Waals surface area (Å²) in [5.74, 6) is -2.53. The van der Waals surface area contributed by atoms with Gasteiger partial charge in [0, 0.05) is 37.3 Å². The van der Waals surface area contributed by atoms with Crippen LogP contribution in [0.1, 0.15) is 26.9 Å². The van der Waals surface area contributed by atoms with Gasteiger partial charge in [0.05, 0.1) is 24.8 Å². The Labute approximate surface area is 207 Å². The van der Waals surface area contributed by atoms with Crippen molar-refractivity contribution in [3.05, 3.63) is 59.9 Å². The Morgan fingerprint density at radius 3 is 2.73 bits per heavy atom. The summed E-state index contributed by atoms with van der Waals surface area (Å²) in [5, 5.41) is 11.2. The first-order chi connectivity index (χ1) is 17.7. The topological polar surface area (TPSA) is 128 Å². The third kappa shape index (κ3) is 4.87. The molecule has 1 saturated heterocycles. The molecule has 1 N–H and O–H groups in total. The summed E-state index contributed by atoms with van der Waals surface area (Å²) < 4.78 is 49.3. The number of fused-ring (bicyclic) bond motifs is 1. The van der Waals surface area contributed by atoms with Crippen molar-refractivity contribution in [3.63, 3.8) is 0 Å². The summed E-state index contributed by atoms with van der Waals surface area (Å²) in [5.41, 5.74) is 1.32. The Balaban J connectivity index is 1.26. The van der Waals surface area contributed by atoms with Gasteiger partial charge in [-0.15, -0.1) is 0 Å². The number of alkyl halides is 3. The van der Waals surface area contributed by atoms with Crippen molar-refractivity contribution >= 4 is 22.7 Å². The van der Waals surface area contributed by atoms with Gasteiger partial charge in [-0.25, -0.2) is 0 Å². The van der Waals surface area contributed by atoms with E-state index in [0.29, 0.717) is 24.4 Å². The Hall–Kier alpha value is -4.33. The summed E-state index contributed by atoms with van der Waals surface area (Å²) in [6, 6.07) is 9.61. The second-order valence-electron chi connectivity index (χ2n) is 8.28. The first kappa shape index (κ1) is 24.4. The Bertz CT molecular complexity index is 1450. The van der Waals surface area contributed by atoms with Gasteiger partial charge in [-0.1, -0.05) is 23.4 Å². The maximum absolute atomic E-state index is 13.5. The van der Waals surface area contributed by atoms with Gasteiger partial charge in [0.15, 0.2) is 0 Å². The molecule has 0 unspecified atom stereocenters. The fourth-order valence-electron chi connectivity index (χ4n) is 4.05. The van der Waals surface area contributed by atoms with Crippen LogP contribution in [-0.2, 0) is 18.0 Å². The molecule has 1 aromatic carbocycles. The van der Waals surface area contributed by atoms with Crippen LogP contribution in [0, 0.1) is 0 Å². The van der Waals surface area contributed by atoms with Crippen LogP contribution >= 0.6 is 0 Å². The third-order valence-corrected chi connectivity index (χ3v) is 5.85. The molecular formula is C23H20F3N7O4. The van der Waals surface area contributed by atoms with Gasteiger partial charge < -0.3 is 19.5 Å². The largest absolute Gasteiger partial charge is 0.471 e. The highest BCUT2D eigenvalue weighted by molar-refractivity contribution is 6.05. The van der Waals surface area contributed by atoms with Gasteiger partial charge in [0.2, 0.25) is 5.82 Å². The minimum absolute atomic E-state index is 0.0236. The highest BCUT2D eigenvalue weighted by Crippen LogP contribution is 2.29. The molecule has 11 nitrogen and oxygen atoms in total. The molecule has 0 aliphatic carbocycles. The molecule has 1 atom stereocenters. The first-order valence-electron chi connectivity index (χ1n) is 11.2. The molecule has 0 saturated carbocycles. The fourth-order valence-corrected chi connectivity index (χ4v) is 4.05. The molecule has 192 valence electrons. The van der Waals surface area contributed by atoms with Crippen molar-refractivity contribution in [1.82, 2.24) is 35.1 Å². The molecule has 14 heteroatoms. The zero-order valence-corrected chi connectivity index (χ0v) is 19.4. The van der Waals surface area contributed by atoms with Gasteiger partial charge in [-0.3, -0.25) is 19.3 Å². The van der Waals surface area contributed by atoms with E-state index < -0.39 is 24.0 Å². The van der Waals surface area contributed by atoms with Crippen molar-refractivity contribution in [2.45, 2.75) is 12.2 Å². The minimum atomic E-state index is -4.76. The number of benzene rings is 1. The zero-order valence-electron chi connectivity index (χ0n) is 19.4. The number of amides is 2. The molecule has 4 heterocycles. The predicted molar refractivity (Wildman–Crippen MR) is 121 cm³/mol. The van der Waals surface area contributed by atoms with Gasteiger partial charge in [-0.05, 0) is 18.2 Å². The van der Waals surface area contributed by atoms with Crippen molar-refractivity contribution in [2.24, 2.45) is 7.05 Å². The molecule has 1 aliphatic rings. The molecule has 1 aliphatic heterocycles. The number of carbonyl (C=O) groups is 2. The van der Waals surface area contributed by atoms with E-state index in [2.05, 4.69) is 30.1 Å². The van der Waals surface area contributed by atoms with E-state index in [1.54, 1.807) is 16.6 Å². The summed E-state index contributed by atoms with van der Waals surface area (Å²) in [6.07, 6.45) is -3.59. The van der Waals surface area contributed by atoms with Crippen LogP contribution in [0.15, 0.2) is 47.1 Å². The molecule has 0 radical (unpaired) electrons. The van der Waals surface area contributed by atoms with Crippen LogP contribution < -0.4 is 5.32 Å². The summed E-state index contributed by atoms with van der Waals surface area (Å²) in [4.78, 5) is 35.1. The SMILES string of the molecule is Cn1nc2ccccc2c1C(=O)N1CCOC[C@@H]1CNC(=O)c1ccc(-c2noc(C(F)(F)F)n2)cn1. The number of nitrogens with zero attached hydrogens (tertiary/aromatic N) is 6. The monoisotopic (exact) mass is 515 g/mol. The van der Waals surface area contributed by atoms with Crippen molar-refractivity contribution in [2.75, 3.05) is 26.3 Å². The van der Waals surface area contributed by atoms with Crippen molar-refractivity contribution < 1.29 is 32.0 Å². The second kappa shape index (κ2) is 9.61. The summed E-state index contributed by atoms with van der Waals surface area (Å²) in [6.45, 7) is 1.04. The molecule has 4 aromatic rings. The summed E-state index contributed by atoms with van der Waals surface area (Å²) in [7, 11) is 1.71. The smallest absolute Gasteiger partial charge is 0.377 e. The lowest BCUT2D eigenvalue weighted by Crippen LogP contribution is -2.53. The predicted octanol–water partition coefficient (Wildman–Crippen LogP) is 2.31. The lowest BCUT2D eigenvalue weighted by molar-refractivity contribution is -0.159. The van der Waals surface area contributed by atoms with E-state index >= 15 is 0 Å². The van der Waals surface area contributed by atoms with Gasteiger partial charge in [0.1, 0.15) is 11.4 Å². The lowest BCUT2D eigenvalue weighted by Gasteiger charge is -2.35. The molecule has 2 amide bonds. The lowest BCUT2D eigenvalue weighted by atomic mass is 10.1. The standard InChI is InChI=1S/C23H20F3N7O4/c1-32-18(15-4-2-3-5-16(15)30-32)21(35)33-8-9-36-12-14(33)11-28-20(34)17-7-6-13(10-27-17)19-29-22(37-31-19)23(24,25)26/h2-7,10,14H,8-9,11-12H2,1H3,(H,28,34)/t14-/m0/s1. The zero-order chi connectivity index (χ0) is 26.2. The number of pyridine rings is 1. The Morgan fingerprint density at radius 2 is 2.00 bits per heavy atom. The van der Waals surface area contributed by atoms with E-state index in [0.717, 1.165) is 5.39 Å². The molecular weight excluding hydrogens is 495 g/mol. The number of hydrogen-bond donors (Lipinski definition) is 1. The third-order valence-electron chi connectivity index (χ3n) is 5.85. The molecule has 0 bridgehead atoms. The Morgan fingerprint density at radius 1 is 1.19 bits per heavy atom. The number of ether oxygens (including phenoxy) is 1. The van der Waals surface area contributed by atoms with Crippen LogP contribution in [-0.4, -0.2) is 74.0 Å². The number of aryl methyl sites for hydroxylation is 1. The normalized spacial score (nSPS) is 16.2. The number of nitrogens with one attached hydrogen (secondary N) is 1. The molecule has 37 heavy (non-hydrogen) atoms. The highest BCUT2D eigenvalue weighted by atomic mass is 19.4. The van der Waals surface area contributed by atoms with Crippen LogP contribution in [0.3, 0.4) is 0 Å². The second-order valence-corrected chi connectivity index (χ2v) is 8.28. The summed E-state index contributed by atoms with van der Waals surface area (Å²) >= 11 is 0. The number of carbonyl (C=O) groups excluding carboxylic acids is 2. The number of morpholine rings is 1. The maximum atomic E-state index is 13.5. The van der Waals surface area contributed by atoms with E-state index in [-0.39, 0.29) is 36.1 Å². The minimum Gasteiger partial charge on any atom is -0.377 e. The molecule has 3 aromatic heterocycles. The van der Waals surface area contributed by atoms with Gasteiger partial charge in [-0.2, -0.15) is 23.3 Å². The molecule has 5 rings (SSSR count). The number of aromatic nitrogens is 5. The number of hydrogen-bond acceptors (Lipinski definition) is 8. The quantitative estimate of drug-likeness (QED) is 0.429. The molecule has 0 spiro atoms. The molecule has 1 fully saturated rings. The van der Waals surface area contributed by atoms with Gasteiger partial charge >= 0.3 is 12.1 Å². The van der Waals surface area contributed by atoms with Crippen LogP contribution in [0.4, 0.5) is 13.2 Å². The maximum Gasteiger partial charge on any atom is 0.471 e. The van der Waals surface area contributed by atoms with Crippen LogP contribution in [0.2, 0.25) is 0 Å². The Kier molecular flexibility index (Phi) is 6.33. The van der Waals surface area contributed by atoms with Crippen molar-refractivity contribution in [1.29, 1.82) is 0 Å².